The van der Waals surface area contributed by atoms with E-state index in [0.29, 0.717) is 23.6 Å². The summed E-state index contributed by atoms with van der Waals surface area (Å²) >= 11 is 0. The van der Waals surface area contributed by atoms with E-state index in [9.17, 15) is 4.79 Å². The van der Waals surface area contributed by atoms with Crippen molar-refractivity contribution in [1.82, 2.24) is 14.8 Å². The van der Waals surface area contributed by atoms with Gasteiger partial charge in [0.15, 0.2) is 0 Å². The van der Waals surface area contributed by atoms with E-state index in [-0.39, 0.29) is 5.91 Å². The standard InChI is InChI=1S/C24H23N5O/c1-28(2)22-13-7-6-12-20(22)24(30)29-23(26-16-18-9-4-3-5-10-18)15-21(27-29)19-11-8-14-25-17-19/h3-15,17,26H,16H2,1-2H3. The van der Waals surface area contributed by atoms with Crippen molar-refractivity contribution in [3.05, 3.63) is 96.3 Å². The summed E-state index contributed by atoms with van der Waals surface area (Å²) in [6.45, 7) is 0.585. The molecule has 30 heavy (non-hydrogen) atoms. The lowest BCUT2D eigenvalue weighted by Gasteiger charge is -2.17. The van der Waals surface area contributed by atoms with Crippen molar-refractivity contribution in [2.45, 2.75) is 6.54 Å². The quantitative estimate of drug-likeness (QED) is 0.525. The minimum absolute atomic E-state index is 0.190. The first kappa shape index (κ1) is 19.4. The molecular weight excluding hydrogens is 374 g/mol. The number of hydrogen-bond donors (Lipinski definition) is 1. The molecule has 0 fully saturated rings. The summed E-state index contributed by atoms with van der Waals surface area (Å²) < 4.78 is 1.44. The van der Waals surface area contributed by atoms with Gasteiger partial charge in [-0.15, -0.1) is 0 Å². The summed E-state index contributed by atoms with van der Waals surface area (Å²) in [6, 6.07) is 23.3. The van der Waals surface area contributed by atoms with Crippen LogP contribution in [0.2, 0.25) is 0 Å². The van der Waals surface area contributed by atoms with Crippen molar-refractivity contribution in [1.29, 1.82) is 0 Å². The number of nitrogens with zero attached hydrogens (tertiary/aromatic N) is 4. The Labute approximate surface area is 175 Å². The Kier molecular flexibility index (Phi) is 5.57. The molecule has 2 aromatic carbocycles. The minimum atomic E-state index is -0.190. The third kappa shape index (κ3) is 4.07. The summed E-state index contributed by atoms with van der Waals surface area (Å²) in [4.78, 5) is 19.6. The maximum Gasteiger partial charge on any atom is 0.282 e. The number of benzene rings is 2. The molecule has 4 aromatic rings. The van der Waals surface area contributed by atoms with E-state index >= 15 is 0 Å². The van der Waals surface area contributed by atoms with Gasteiger partial charge in [-0.25, -0.2) is 0 Å². The number of nitrogens with one attached hydrogen (secondary N) is 1. The van der Waals surface area contributed by atoms with Crippen LogP contribution in [-0.2, 0) is 6.54 Å². The molecule has 0 saturated heterocycles. The zero-order valence-electron chi connectivity index (χ0n) is 17.0. The fourth-order valence-corrected chi connectivity index (χ4v) is 3.26. The summed E-state index contributed by atoms with van der Waals surface area (Å²) in [5.74, 6) is 0.446. The van der Waals surface area contributed by atoms with Crippen LogP contribution in [0.1, 0.15) is 15.9 Å². The third-order valence-electron chi connectivity index (χ3n) is 4.79. The predicted molar refractivity (Wildman–Crippen MR) is 120 cm³/mol. The van der Waals surface area contributed by atoms with Crippen molar-refractivity contribution in [3.8, 4) is 11.3 Å². The van der Waals surface area contributed by atoms with Gasteiger partial charge in [0.25, 0.3) is 5.91 Å². The van der Waals surface area contributed by atoms with Gasteiger partial charge in [0.2, 0.25) is 0 Å². The normalized spacial score (nSPS) is 10.6. The smallest absolute Gasteiger partial charge is 0.282 e. The molecule has 2 aromatic heterocycles. The molecule has 0 spiro atoms. The van der Waals surface area contributed by atoms with Crippen LogP contribution in [0.5, 0.6) is 0 Å². The Bertz CT molecular complexity index is 1140. The van der Waals surface area contributed by atoms with Crippen LogP contribution in [0, 0.1) is 0 Å². The van der Waals surface area contributed by atoms with Crippen molar-refractivity contribution in [3.63, 3.8) is 0 Å². The van der Waals surface area contributed by atoms with E-state index < -0.39 is 0 Å². The third-order valence-corrected chi connectivity index (χ3v) is 4.79. The minimum Gasteiger partial charge on any atom is -0.377 e. The number of hydrogen-bond acceptors (Lipinski definition) is 5. The van der Waals surface area contributed by atoms with Gasteiger partial charge in [-0.1, -0.05) is 42.5 Å². The Balaban J connectivity index is 1.73. The Morgan fingerprint density at radius 3 is 2.50 bits per heavy atom. The molecule has 150 valence electrons. The van der Waals surface area contributed by atoms with Crippen LogP contribution in [0.25, 0.3) is 11.3 Å². The van der Waals surface area contributed by atoms with Gasteiger partial charge in [0.1, 0.15) is 5.82 Å². The van der Waals surface area contributed by atoms with Gasteiger partial charge in [-0.2, -0.15) is 9.78 Å². The number of aromatic nitrogens is 3. The fraction of sp³-hybridized carbons (Fsp3) is 0.125. The second-order valence-electron chi connectivity index (χ2n) is 7.12. The van der Waals surface area contributed by atoms with Crippen LogP contribution in [0.3, 0.4) is 0 Å². The summed E-state index contributed by atoms with van der Waals surface area (Å²) in [5.41, 5.74) is 4.09. The molecule has 0 aliphatic carbocycles. The molecule has 0 saturated carbocycles. The Hall–Kier alpha value is -3.93. The lowest BCUT2D eigenvalue weighted by atomic mass is 10.1. The van der Waals surface area contributed by atoms with E-state index in [1.807, 2.05) is 91.8 Å². The van der Waals surface area contributed by atoms with Crippen LogP contribution < -0.4 is 10.2 Å². The maximum absolute atomic E-state index is 13.5. The number of pyridine rings is 1. The topological polar surface area (TPSA) is 63.1 Å². The lowest BCUT2D eigenvalue weighted by molar-refractivity contribution is 0.0948. The average molecular weight is 397 g/mol. The molecular formula is C24H23N5O. The van der Waals surface area contributed by atoms with Crippen molar-refractivity contribution in [2.75, 3.05) is 24.3 Å². The monoisotopic (exact) mass is 397 g/mol. The summed E-state index contributed by atoms with van der Waals surface area (Å²) in [7, 11) is 3.84. The molecule has 1 N–H and O–H groups in total. The molecule has 0 amide bonds. The van der Waals surface area contributed by atoms with E-state index in [2.05, 4.69) is 15.4 Å². The van der Waals surface area contributed by atoms with Crippen LogP contribution in [-0.4, -0.2) is 34.8 Å². The summed E-state index contributed by atoms with van der Waals surface area (Å²) in [5, 5.41) is 7.98. The maximum atomic E-state index is 13.5. The van der Waals surface area contributed by atoms with Crippen molar-refractivity contribution < 1.29 is 4.79 Å². The van der Waals surface area contributed by atoms with Crippen LogP contribution in [0.4, 0.5) is 11.5 Å². The van der Waals surface area contributed by atoms with Crippen molar-refractivity contribution >= 4 is 17.4 Å². The predicted octanol–water partition coefficient (Wildman–Crippen LogP) is 4.31. The van der Waals surface area contributed by atoms with Gasteiger partial charge in [-0.3, -0.25) is 9.78 Å². The summed E-state index contributed by atoms with van der Waals surface area (Å²) in [6.07, 6.45) is 3.46. The highest BCUT2D eigenvalue weighted by molar-refractivity contribution is 6.02. The first-order valence-electron chi connectivity index (χ1n) is 9.73. The molecule has 6 heteroatoms. The first-order valence-corrected chi connectivity index (χ1v) is 9.73. The second-order valence-corrected chi connectivity index (χ2v) is 7.12. The van der Waals surface area contributed by atoms with Crippen LogP contribution >= 0.6 is 0 Å². The number of rotatable bonds is 6. The van der Waals surface area contributed by atoms with Gasteiger partial charge < -0.3 is 10.2 Å². The molecule has 0 aliphatic heterocycles. The highest BCUT2D eigenvalue weighted by Crippen LogP contribution is 2.25. The number of anilines is 2. The molecule has 0 unspecified atom stereocenters. The number of carbonyl (C=O) groups excluding carboxylic acids is 1. The Morgan fingerprint density at radius 2 is 1.77 bits per heavy atom. The van der Waals surface area contributed by atoms with E-state index in [4.69, 9.17) is 0 Å². The molecule has 0 aliphatic rings. The van der Waals surface area contributed by atoms with Crippen LogP contribution in [0.15, 0.2) is 85.2 Å². The number of carbonyl (C=O) groups is 1. The average Bonchev–Trinajstić information content (AvgIpc) is 3.23. The molecule has 4 rings (SSSR count). The van der Waals surface area contributed by atoms with E-state index in [1.54, 1.807) is 12.4 Å². The van der Waals surface area contributed by atoms with Gasteiger partial charge in [0, 0.05) is 50.4 Å². The fourth-order valence-electron chi connectivity index (χ4n) is 3.26. The van der Waals surface area contributed by atoms with Crippen molar-refractivity contribution in [2.24, 2.45) is 0 Å². The highest BCUT2D eigenvalue weighted by atomic mass is 16.2. The molecule has 2 heterocycles. The molecule has 6 nitrogen and oxygen atoms in total. The number of para-hydroxylation sites is 1. The Morgan fingerprint density at radius 1 is 1.00 bits per heavy atom. The second kappa shape index (κ2) is 8.61. The van der Waals surface area contributed by atoms with Gasteiger partial charge in [0.05, 0.1) is 11.3 Å². The first-order chi connectivity index (χ1) is 14.6. The van der Waals surface area contributed by atoms with Gasteiger partial charge in [-0.05, 0) is 29.8 Å². The zero-order valence-corrected chi connectivity index (χ0v) is 17.0. The SMILES string of the molecule is CN(C)c1ccccc1C(=O)n1nc(-c2cccnc2)cc1NCc1ccccc1. The highest BCUT2D eigenvalue weighted by Gasteiger charge is 2.20. The van der Waals surface area contributed by atoms with E-state index in [0.717, 1.165) is 16.8 Å². The lowest BCUT2D eigenvalue weighted by Crippen LogP contribution is -2.21. The zero-order chi connectivity index (χ0) is 20.9. The van der Waals surface area contributed by atoms with E-state index in [1.165, 1.54) is 4.68 Å². The largest absolute Gasteiger partial charge is 0.377 e. The molecule has 0 radical (unpaired) electrons. The molecule has 0 atom stereocenters. The molecule has 0 bridgehead atoms. The van der Waals surface area contributed by atoms with Gasteiger partial charge >= 0.3 is 0 Å².